The van der Waals surface area contributed by atoms with E-state index in [2.05, 4.69) is 5.32 Å². The smallest absolute Gasteiger partial charge is 0.230 e. The first-order chi connectivity index (χ1) is 11.0. The van der Waals surface area contributed by atoms with Crippen molar-refractivity contribution in [2.75, 3.05) is 24.7 Å². The van der Waals surface area contributed by atoms with E-state index in [9.17, 15) is 4.79 Å². The number of carbonyl (C=O) groups is 1. The zero-order valence-electron chi connectivity index (χ0n) is 13.0. The number of hydrogen-bond acceptors (Lipinski definition) is 3. The summed E-state index contributed by atoms with van der Waals surface area (Å²) < 4.78 is 0. The van der Waals surface area contributed by atoms with Gasteiger partial charge in [0.25, 0.3) is 0 Å². The van der Waals surface area contributed by atoms with Gasteiger partial charge in [0.1, 0.15) is 0 Å². The number of rotatable bonds is 6. The normalized spacial score (nSPS) is 10.4. The van der Waals surface area contributed by atoms with E-state index in [0.717, 1.165) is 16.1 Å². The Morgan fingerprint density at radius 2 is 1.83 bits per heavy atom. The highest BCUT2D eigenvalue weighted by Gasteiger charge is 2.07. The number of carbonyl (C=O) groups excluding carboxylic acids is 1. The second-order valence-corrected chi connectivity index (χ2v) is 7.06. The summed E-state index contributed by atoms with van der Waals surface area (Å²) in [6.07, 6.45) is 0. The Morgan fingerprint density at radius 3 is 2.48 bits per heavy atom. The fourth-order valence-electron chi connectivity index (χ4n) is 1.89. The van der Waals surface area contributed by atoms with Crippen molar-refractivity contribution in [3.05, 3.63) is 58.1 Å². The Kier molecular flexibility index (Phi) is 6.63. The van der Waals surface area contributed by atoms with Crippen LogP contribution in [0.25, 0.3) is 0 Å². The Balaban J connectivity index is 1.82. The molecule has 6 heteroatoms. The van der Waals surface area contributed by atoms with E-state index in [0.29, 0.717) is 22.3 Å². The highest BCUT2D eigenvalue weighted by molar-refractivity contribution is 8.00. The number of halogens is 2. The number of thioether (sulfide) groups is 1. The van der Waals surface area contributed by atoms with E-state index in [4.69, 9.17) is 23.2 Å². The number of benzene rings is 2. The number of anilines is 1. The lowest BCUT2D eigenvalue weighted by Gasteiger charge is -2.13. The van der Waals surface area contributed by atoms with E-state index < -0.39 is 0 Å². The summed E-state index contributed by atoms with van der Waals surface area (Å²) in [5, 5.41) is 4.12. The lowest BCUT2D eigenvalue weighted by Crippen LogP contribution is -2.24. The van der Waals surface area contributed by atoms with Gasteiger partial charge in [0.15, 0.2) is 0 Å². The van der Waals surface area contributed by atoms with Crippen LogP contribution in [0.5, 0.6) is 0 Å². The van der Waals surface area contributed by atoms with Crippen molar-refractivity contribution in [3.8, 4) is 0 Å². The van der Waals surface area contributed by atoms with Gasteiger partial charge in [-0.1, -0.05) is 35.3 Å². The van der Waals surface area contributed by atoms with Crippen LogP contribution in [0.2, 0.25) is 10.0 Å². The van der Waals surface area contributed by atoms with Crippen molar-refractivity contribution in [1.29, 1.82) is 0 Å². The van der Waals surface area contributed by atoms with Crippen molar-refractivity contribution in [1.82, 2.24) is 5.32 Å². The van der Waals surface area contributed by atoms with Crippen molar-refractivity contribution in [3.63, 3.8) is 0 Å². The van der Waals surface area contributed by atoms with E-state index in [1.807, 2.05) is 43.3 Å². The van der Waals surface area contributed by atoms with Gasteiger partial charge in [0, 0.05) is 36.2 Å². The third-order valence-electron chi connectivity index (χ3n) is 3.19. The van der Waals surface area contributed by atoms with Crippen LogP contribution in [0.1, 0.15) is 5.56 Å². The first-order valence-electron chi connectivity index (χ1n) is 7.06. The minimum Gasteiger partial charge on any atom is -0.378 e. The zero-order chi connectivity index (χ0) is 16.8. The maximum absolute atomic E-state index is 11.9. The molecule has 0 saturated carbocycles. The second-order valence-electron chi connectivity index (χ2n) is 5.20. The number of amides is 1. The highest BCUT2D eigenvalue weighted by atomic mass is 35.5. The maximum Gasteiger partial charge on any atom is 0.230 e. The topological polar surface area (TPSA) is 32.3 Å². The Labute approximate surface area is 151 Å². The summed E-state index contributed by atoms with van der Waals surface area (Å²) in [5.74, 6) is 0.262. The average molecular weight is 369 g/mol. The standard InChI is InChI=1S/C17H18Cl2N2OS/c1-21(2)14-6-3-12(4-7-14)10-20-17(22)11-23-16-9-13(18)5-8-15(16)19/h3-9H,10-11H2,1-2H3,(H,20,22). The Bertz CT molecular complexity index is 675. The number of hydrogen-bond donors (Lipinski definition) is 1. The molecule has 1 amide bonds. The summed E-state index contributed by atoms with van der Waals surface area (Å²) in [4.78, 5) is 14.8. The lowest BCUT2D eigenvalue weighted by molar-refractivity contribution is -0.118. The molecule has 0 aliphatic carbocycles. The first-order valence-corrected chi connectivity index (χ1v) is 8.80. The molecule has 0 atom stereocenters. The van der Waals surface area contributed by atoms with Gasteiger partial charge in [-0.3, -0.25) is 4.79 Å². The predicted octanol–water partition coefficient (Wildman–Crippen LogP) is 4.47. The Morgan fingerprint density at radius 1 is 1.13 bits per heavy atom. The predicted molar refractivity (Wildman–Crippen MR) is 99.8 cm³/mol. The molecule has 2 aromatic rings. The van der Waals surface area contributed by atoms with Crippen LogP contribution in [-0.4, -0.2) is 25.8 Å². The summed E-state index contributed by atoms with van der Waals surface area (Å²) in [7, 11) is 3.99. The lowest BCUT2D eigenvalue weighted by atomic mass is 10.2. The van der Waals surface area contributed by atoms with Crippen LogP contribution in [0.15, 0.2) is 47.4 Å². The molecule has 0 unspecified atom stereocenters. The molecule has 2 aromatic carbocycles. The molecule has 2 rings (SSSR count). The van der Waals surface area contributed by atoms with Gasteiger partial charge in [-0.2, -0.15) is 0 Å². The Hall–Kier alpha value is -1.36. The summed E-state index contributed by atoms with van der Waals surface area (Å²) in [6, 6.07) is 13.3. The van der Waals surface area contributed by atoms with Crippen molar-refractivity contribution in [2.24, 2.45) is 0 Å². The number of nitrogens with zero attached hydrogens (tertiary/aromatic N) is 1. The molecule has 0 saturated heterocycles. The first kappa shape index (κ1) is 18.0. The van der Waals surface area contributed by atoms with Crippen LogP contribution in [0, 0.1) is 0 Å². The van der Waals surface area contributed by atoms with Gasteiger partial charge in [-0.15, -0.1) is 11.8 Å². The third kappa shape index (κ3) is 5.65. The molecule has 122 valence electrons. The molecule has 0 aliphatic rings. The van der Waals surface area contributed by atoms with Gasteiger partial charge in [-0.25, -0.2) is 0 Å². The van der Waals surface area contributed by atoms with Crippen LogP contribution in [0.3, 0.4) is 0 Å². The van der Waals surface area contributed by atoms with E-state index in [1.165, 1.54) is 11.8 Å². The van der Waals surface area contributed by atoms with Crippen molar-refractivity contribution >= 4 is 46.6 Å². The molecule has 1 N–H and O–H groups in total. The monoisotopic (exact) mass is 368 g/mol. The molecule has 0 fully saturated rings. The highest BCUT2D eigenvalue weighted by Crippen LogP contribution is 2.29. The van der Waals surface area contributed by atoms with Crippen molar-refractivity contribution < 1.29 is 4.79 Å². The SMILES string of the molecule is CN(C)c1ccc(CNC(=O)CSc2cc(Cl)ccc2Cl)cc1. The van der Waals surface area contributed by atoms with Gasteiger partial charge in [0.2, 0.25) is 5.91 Å². The molecular formula is C17H18Cl2N2OS. The molecule has 0 bridgehead atoms. The summed E-state index contributed by atoms with van der Waals surface area (Å²) in [6.45, 7) is 0.510. The molecule has 0 aliphatic heterocycles. The molecular weight excluding hydrogens is 351 g/mol. The zero-order valence-corrected chi connectivity index (χ0v) is 15.3. The second kappa shape index (κ2) is 8.48. The van der Waals surface area contributed by atoms with Gasteiger partial charge >= 0.3 is 0 Å². The van der Waals surface area contributed by atoms with Crippen LogP contribution >= 0.6 is 35.0 Å². The molecule has 0 heterocycles. The number of nitrogens with one attached hydrogen (secondary N) is 1. The van der Waals surface area contributed by atoms with E-state index >= 15 is 0 Å². The minimum atomic E-state index is -0.0391. The van der Waals surface area contributed by atoms with Crippen molar-refractivity contribution in [2.45, 2.75) is 11.4 Å². The van der Waals surface area contributed by atoms with Crippen LogP contribution < -0.4 is 10.2 Å². The minimum absolute atomic E-state index is 0.0391. The molecule has 0 radical (unpaired) electrons. The maximum atomic E-state index is 11.9. The van der Waals surface area contributed by atoms with Crippen LogP contribution in [-0.2, 0) is 11.3 Å². The van der Waals surface area contributed by atoms with Crippen LogP contribution in [0.4, 0.5) is 5.69 Å². The average Bonchev–Trinajstić information content (AvgIpc) is 2.54. The van der Waals surface area contributed by atoms with Gasteiger partial charge in [-0.05, 0) is 35.9 Å². The fourth-order valence-corrected chi connectivity index (χ4v) is 3.22. The fraction of sp³-hybridized carbons (Fsp3) is 0.235. The summed E-state index contributed by atoms with van der Waals surface area (Å²) in [5.41, 5.74) is 2.20. The summed E-state index contributed by atoms with van der Waals surface area (Å²) >= 11 is 13.4. The molecule has 3 nitrogen and oxygen atoms in total. The molecule has 0 spiro atoms. The molecule has 23 heavy (non-hydrogen) atoms. The van der Waals surface area contributed by atoms with Gasteiger partial charge in [0.05, 0.1) is 10.8 Å². The largest absolute Gasteiger partial charge is 0.378 e. The third-order valence-corrected chi connectivity index (χ3v) is 4.93. The van der Waals surface area contributed by atoms with E-state index in [-0.39, 0.29) is 5.91 Å². The molecule has 0 aromatic heterocycles. The van der Waals surface area contributed by atoms with E-state index in [1.54, 1.807) is 18.2 Å². The van der Waals surface area contributed by atoms with Gasteiger partial charge < -0.3 is 10.2 Å². The quantitative estimate of drug-likeness (QED) is 0.763.